The lowest BCUT2D eigenvalue weighted by atomic mass is 9.91. The lowest BCUT2D eigenvalue weighted by molar-refractivity contribution is 0.0716. The second kappa shape index (κ2) is 9.52. The Hall–Kier alpha value is -2.68. The molecule has 3 aromatic rings. The fourth-order valence-corrected chi connectivity index (χ4v) is 5.69. The van der Waals surface area contributed by atoms with Crippen LogP contribution in [0.25, 0.3) is 11.0 Å². The number of aliphatic hydroxyl groups excluding tert-OH is 1. The zero-order valence-electron chi connectivity index (χ0n) is 19.6. The van der Waals surface area contributed by atoms with Gasteiger partial charge in [0.1, 0.15) is 0 Å². The topological polar surface area (TPSA) is 78.1 Å². The van der Waals surface area contributed by atoms with Crippen LogP contribution in [-0.2, 0) is 6.54 Å². The Bertz CT molecular complexity index is 1100. The van der Waals surface area contributed by atoms with E-state index in [9.17, 15) is 5.11 Å². The first-order valence-corrected chi connectivity index (χ1v) is 12.5. The highest BCUT2D eigenvalue weighted by molar-refractivity contribution is 5.88. The van der Waals surface area contributed by atoms with Crippen molar-refractivity contribution >= 4 is 16.8 Å². The molecule has 3 aliphatic rings. The van der Waals surface area contributed by atoms with E-state index in [1.807, 2.05) is 30.5 Å². The first-order chi connectivity index (χ1) is 16.7. The van der Waals surface area contributed by atoms with Crippen molar-refractivity contribution in [1.82, 2.24) is 19.9 Å². The van der Waals surface area contributed by atoms with Crippen molar-refractivity contribution in [2.75, 3.05) is 50.8 Å². The maximum Gasteiger partial charge on any atom is 0.213 e. The molecular weight excluding hydrogens is 430 g/mol. The number of anilines is 1. The SMILES string of the molecule is O[C@@H]1CCN(Cc2ccc(OC[C@@H]3CC[C@@H]4CN(c5noc6ccccc56)CCN4C3)nc2)C1. The summed E-state index contributed by atoms with van der Waals surface area (Å²) >= 11 is 0. The summed E-state index contributed by atoms with van der Waals surface area (Å²) in [5.41, 5.74) is 2.02. The van der Waals surface area contributed by atoms with E-state index in [1.54, 1.807) is 0 Å². The van der Waals surface area contributed by atoms with E-state index in [2.05, 4.69) is 37.0 Å². The number of benzene rings is 1. The van der Waals surface area contributed by atoms with Crippen LogP contribution in [0, 0.1) is 5.92 Å². The summed E-state index contributed by atoms with van der Waals surface area (Å²) in [5, 5.41) is 15.2. The second-order valence-corrected chi connectivity index (χ2v) is 10.0. The molecule has 34 heavy (non-hydrogen) atoms. The highest BCUT2D eigenvalue weighted by Gasteiger charge is 2.34. The van der Waals surface area contributed by atoms with Gasteiger partial charge in [-0.15, -0.1) is 0 Å². The van der Waals surface area contributed by atoms with Crippen molar-refractivity contribution in [2.24, 2.45) is 5.92 Å². The average Bonchev–Trinajstić information content (AvgIpc) is 3.49. The Morgan fingerprint density at radius 2 is 1.94 bits per heavy atom. The quantitative estimate of drug-likeness (QED) is 0.598. The first kappa shape index (κ1) is 21.8. The van der Waals surface area contributed by atoms with Crippen LogP contribution in [0.1, 0.15) is 24.8 Å². The number of ether oxygens (including phenoxy) is 1. The summed E-state index contributed by atoms with van der Waals surface area (Å²) in [6.07, 6.45) is 4.93. The van der Waals surface area contributed by atoms with Crippen LogP contribution in [0.4, 0.5) is 5.82 Å². The minimum atomic E-state index is -0.184. The molecule has 2 aromatic heterocycles. The van der Waals surface area contributed by atoms with Crippen molar-refractivity contribution in [1.29, 1.82) is 0 Å². The summed E-state index contributed by atoms with van der Waals surface area (Å²) < 4.78 is 11.6. The number of rotatable bonds is 6. The van der Waals surface area contributed by atoms with Crippen LogP contribution in [-0.4, -0.2) is 83.1 Å². The van der Waals surface area contributed by atoms with Crippen molar-refractivity contribution in [3.05, 3.63) is 48.2 Å². The highest BCUT2D eigenvalue weighted by Crippen LogP contribution is 2.31. The number of piperazine rings is 1. The van der Waals surface area contributed by atoms with Crippen LogP contribution < -0.4 is 9.64 Å². The molecular formula is C26H33N5O3. The molecule has 3 saturated heterocycles. The Balaban J connectivity index is 0.988. The Labute approximate surface area is 200 Å². The van der Waals surface area contributed by atoms with E-state index in [1.165, 1.54) is 18.4 Å². The standard InChI is InChI=1S/C26H33N5O3/c32-22-9-10-29(17-22)14-19-6-8-25(27-13-19)33-18-20-5-7-21-16-31(12-11-30(21)15-20)26-23-3-1-2-4-24(23)34-28-26/h1-4,6,8,13,20-22,32H,5,7,9-12,14-18H2/t20-,21-,22-/m1/s1. The first-order valence-electron chi connectivity index (χ1n) is 12.5. The van der Waals surface area contributed by atoms with Gasteiger partial charge < -0.3 is 19.3 Å². The fourth-order valence-electron chi connectivity index (χ4n) is 5.69. The minimum Gasteiger partial charge on any atom is -0.477 e. The number of hydrogen-bond donors (Lipinski definition) is 1. The summed E-state index contributed by atoms with van der Waals surface area (Å²) in [6, 6.07) is 12.7. The molecule has 5 heterocycles. The summed E-state index contributed by atoms with van der Waals surface area (Å²) in [7, 11) is 0. The third-order valence-corrected chi connectivity index (χ3v) is 7.58. The van der Waals surface area contributed by atoms with Crippen LogP contribution >= 0.6 is 0 Å². The van der Waals surface area contributed by atoms with Gasteiger partial charge in [-0.3, -0.25) is 9.80 Å². The maximum atomic E-state index is 9.69. The lowest BCUT2D eigenvalue weighted by Crippen LogP contribution is -2.57. The van der Waals surface area contributed by atoms with Crippen molar-refractivity contribution in [3.8, 4) is 5.88 Å². The zero-order chi connectivity index (χ0) is 22.9. The Kier molecular flexibility index (Phi) is 6.11. The number of β-amino-alcohol motifs (C(OH)–C–C–N with tert-alkyl or cyclic N) is 1. The van der Waals surface area contributed by atoms with Gasteiger partial charge in [0.15, 0.2) is 11.4 Å². The average molecular weight is 464 g/mol. The molecule has 1 aromatic carbocycles. The highest BCUT2D eigenvalue weighted by atomic mass is 16.5. The number of para-hydroxylation sites is 1. The molecule has 0 bridgehead atoms. The summed E-state index contributed by atoms with van der Waals surface area (Å²) in [5.74, 6) is 2.22. The summed E-state index contributed by atoms with van der Waals surface area (Å²) in [6.45, 7) is 7.35. The minimum absolute atomic E-state index is 0.184. The molecule has 180 valence electrons. The molecule has 3 atom stereocenters. The Morgan fingerprint density at radius 3 is 2.79 bits per heavy atom. The van der Waals surface area contributed by atoms with E-state index >= 15 is 0 Å². The predicted octanol–water partition coefficient (Wildman–Crippen LogP) is 2.77. The molecule has 0 aliphatic carbocycles. The van der Waals surface area contributed by atoms with Gasteiger partial charge in [-0.25, -0.2) is 4.98 Å². The molecule has 0 amide bonds. The maximum absolute atomic E-state index is 9.69. The van der Waals surface area contributed by atoms with E-state index < -0.39 is 0 Å². The van der Waals surface area contributed by atoms with Gasteiger partial charge in [-0.2, -0.15) is 0 Å². The monoisotopic (exact) mass is 463 g/mol. The van der Waals surface area contributed by atoms with Gasteiger partial charge in [-0.1, -0.05) is 23.4 Å². The van der Waals surface area contributed by atoms with Gasteiger partial charge >= 0.3 is 0 Å². The third-order valence-electron chi connectivity index (χ3n) is 7.58. The second-order valence-electron chi connectivity index (χ2n) is 10.0. The summed E-state index contributed by atoms with van der Waals surface area (Å²) in [4.78, 5) is 11.8. The zero-order valence-corrected chi connectivity index (χ0v) is 19.6. The number of likely N-dealkylation sites (tertiary alicyclic amines) is 1. The van der Waals surface area contributed by atoms with Gasteiger partial charge in [0.2, 0.25) is 5.88 Å². The molecule has 6 rings (SSSR count). The molecule has 0 radical (unpaired) electrons. The number of aliphatic hydroxyl groups is 1. The molecule has 3 aliphatic heterocycles. The molecule has 3 fully saturated rings. The predicted molar refractivity (Wildman–Crippen MR) is 130 cm³/mol. The van der Waals surface area contributed by atoms with E-state index in [4.69, 9.17) is 9.26 Å². The molecule has 0 spiro atoms. The molecule has 0 unspecified atom stereocenters. The van der Waals surface area contributed by atoms with Gasteiger partial charge in [0.05, 0.1) is 18.1 Å². The number of aromatic nitrogens is 2. The van der Waals surface area contributed by atoms with Gasteiger partial charge in [0, 0.05) is 70.0 Å². The smallest absolute Gasteiger partial charge is 0.213 e. The molecule has 0 saturated carbocycles. The molecule has 1 N–H and O–H groups in total. The van der Waals surface area contributed by atoms with Crippen LogP contribution in [0.3, 0.4) is 0 Å². The van der Waals surface area contributed by atoms with Crippen LogP contribution in [0.2, 0.25) is 0 Å². The number of nitrogens with zero attached hydrogens (tertiary/aromatic N) is 5. The van der Waals surface area contributed by atoms with Crippen molar-refractivity contribution in [3.63, 3.8) is 0 Å². The molecule has 8 nitrogen and oxygen atoms in total. The van der Waals surface area contributed by atoms with Crippen molar-refractivity contribution in [2.45, 2.75) is 38.0 Å². The number of pyridine rings is 1. The van der Waals surface area contributed by atoms with Gasteiger partial charge in [0.25, 0.3) is 0 Å². The lowest BCUT2D eigenvalue weighted by Gasteiger charge is -2.46. The van der Waals surface area contributed by atoms with Crippen LogP contribution in [0.5, 0.6) is 5.88 Å². The van der Waals surface area contributed by atoms with Crippen molar-refractivity contribution < 1.29 is 14.4 Å². The van der Waals surface area contributed by atoms with E-state index in [-0.39, 0.29) is 6.10 Å². The Morgan fingerprint density at radius 1 is 1.00 bits per heavy atom. The fraction of sp³-hybridized carbons (Fsp3) is 0.538. The van der Waals surface area contributed by atoms with Gasteiger partial charge in [-0.05, 0) is 37.0 Å². The third kappa shape index (κ3) is 4.62. The molecule has 8 heteroatoms. The largest absolute Gasteiger partial charge is 0.477 e. The number of piperidine rings is 1. The van der Waals surface area contributed by atoms with Crippen LogP contribution in [0.15, 0.2) is 47.1 Å². The number of fused-ring (bicyclic) bond motifs is 2. The van der Waals surface area contributed by atoms with E-state index in [0.29, 0.717) is 24.4 Å². The number of hydrogen-bond acceptors (Lipinski definition) is 8. The normalized spacial score (nSPS) is 26.1. The van der Waals surface area contributed by atoms with E-state index in [0.717, 1.165) is 69.0 Å².